The van der Waals surface area contributed by atoms with E-state index < -0.39 is 0 Å². The molecule has 0 atom stereocenters. The highest BCUT2D eigenvalue weighted by atomic mass is 15.3. The second-order valence-corrected chi connectivity index (χ2v) is 4.27. The minimum absolute atomic E-state index is 0.869. The van der Waals surface area contributed by atoms with Gasteiger partial charge in [0.05, 0.1) is 5.69 Å². The van der Waals surface area contributed by atoms with Gasteiger partial charge in [0.15, 0.2) is 0 Å². The van der Waals surface area contributed by atoms with E-state index in [-0.39, 0.29) is 0 Å². The van der Waals surface area contributed by atoms with Crippen molar-refractivity contribution in [1.82, 2.24) is 15.1 Å². The zero-order valence-electron chi connectivity index (χ0n) is 10.7. The summed E-state index contributed by atoms with van der Waals surface area (Å²) < 4.78 is 1.88. The van der Waals surface area contributed by atoms with E-state index in [2.05, 4.69) is 54.7 Å². The maximum Gasteiger partial charge on any atom is 0.0970 e. The van der Waals surface area contributed by atoms with Gasteiger partial charge in [-0.25, -0.2) is 0 Å². The molecular weight excluding hydrogens is 210 g/mol. The highest BCUT2D eigenvalue weighted by Crippen LogP contribution is 2.24. The molecule has 3 nitrogen and oxygen atoms in total. The molecule has 0 bridgehead atoms. The van der Waals surface area contributed by atoms with Gasteiger partial charge in [-0.05, 0) is 19.0 Å². The van der Waals surface area contributed by atoms with Crippen molar-refractivity contribution in [3.05, 3.63) is 41.6 Å². The summed E-state index contributed by atoms with van der Waals surface area (Å²) in [6, 6.07) is 8.38. The molecular formula is C14H19N3. The van der Waals surface area contributed by atoms with Gasteiger partial charge in [0.2, 0.25) is 0 Å². The molecule has 1 heterocycles. The molecule has 2 rings (SSSR count). The number of rotatable bonds is 4. The first-order chi connectivity index (χ1) is 8.22. The summed E-state index contributed by atoms with van der Waals surface area (Å²) in [6.45, 7) is 6.08. The molecule has 0 aliphatic rings. The van der Waals surface area contributed by atoms with Gasteiger partial charge in [0.25, 0.3) is 0 Å². The third-order valence-electron chi connectivity index (χ3n) is 2.87. The Bertz CT molecular complexity index is 500. The highest BCUT2D eigenvalue weighted by Gasteiger charge is 2.11. The largest absolute Gasteiger partial charge is 0.313 e. The van der Waals surface area contributed by atoms with Gasteiger partial charge >= 0.3 is 0 Å². The van der Waals surface area contributed by atoms with Crippen LogP contribution < -0.4 is 5.32 Å². The van der Waals surface area contributed by atoms with Crippen LogP contribution in [0.3, 0.4) is 0 Å². The fraction of sp³-hybridized carbons (Fsp3) is 0.357. The summed E-state index contributed by atoms with van der Waals surface area (Å²) in [5, 5.41) is 7.93. The molecule has 0 unspecified atom stereocenters. The maximum atomic E-state index is 4.57. The van der Waals surface area contributed by atoms with E-state index in [1.54, 1.807) is 0 Å². The molecule has 0 saturated carbocycles. The van der Waals surface area contributed by atoms with E-state index >= 15 is 0 Å². The summed E-state index contributed by atoms with van der Waals surface area (Å²) in [4.78, 5) is 0. The average molecular weight is 229 g/mol. The maximum absolute atomic E-state index is 4.57. The normalized spacial score (nSPS) is 10.8. The summed E-state index contributed by atoms with van der Waals surface area (Å²) >= 11 is 0. The molecule has 0 amide bonds. The van der Waals surface area contributed by atoms with E-state index in [9.17, 15) is 0 Å². The lowest BCUT2D eigenvalue weighted by Gasteiger charge is -2.05. The summed E-state index contributed by atoms with van der Waals surface area (Å²) in [6.07, 6.45) is 2.09. The SMILES string of the molecule is CCNCc1cn(C)nc1-c1ccccc1C. The number of hydrogen-bond donors (Lipinski definition) is 1. The second-order valence-electron chi connectivity index (χ2n) is 4.27. The van der Waals surface area contributed by atoms with Crippen molar-refractivity contribution >= 4 is 0 Å². The zero-order valence-corrected chi connectivity index (χ0v) is 10.7. The van der Waals surface area contributed by atoms with Crippen molar-refractivity contribution in [3.8, 4) is 11.3 Å². The average Bonchev–Trinajstić information content (AvgIpc) is 2.68. The number of benzene rings is 1. The van der Waals surface area contributed by atoms with Crippen LogP contribution in [0.1, 0.15) is 18.1 Å². The number of aryl methyl sites for hydroxylation is 2. The Kier molecular flexibility index (Phi) is 3.59. The highest BCUT2D eigenvalue weighted by molar-refractivity contribution is 5.66. The first kappa shape index (κ1) is 11.9. The fourth-order valence-corrected chi connectivity index (χ4v) is 1.99. The Morgan fingerprint density at radius 3 is 2.76 bits per heavy atom. The Morgan fingerprint density at radius 1 is 1.29 bits per heavy atom. The van der Waals surface area contributed by atoms with Crippen molar-refractivity contribution < 1.29 is 0 Å². The first-order valence-corrected chi connectivity index (χ1v) is 6.01. The third-order valence-corrected chi connectivity index (χ3v) is 2.87. The molecule has 0 saturated heterocycles. The van der Waals surface area contributed by atoms with Crippen LogP contribution in [0.25, 0.3) is 11.3 Å². The fourth-order valence-electron chi connectivity index (χ4n) is 1.99. The van der Waals surface area contributed by atoms with Crippen LogP contribution in [0.15, 0.2) is 30.5 Å². The van der Waals surface area contributed by atoms with Crippen LogP contribution in [0.5, 0.6) is 0 Å². The summed E-state index contributed by atoms with van der Waals surface area (Å²) in [7, 11) is 1.97. The molecule has 0 fully saturated rings. The van der Waals surface area contributed by atoms with Gasteiger partial charge in [0.1, 0.15) is 0 Å². The lowest BCUT2D eigenvalue weighted by atomic mass is 10.0. The molecule has 0 aliphatic heterocycles. The smallest absolute Gasteiger partial charge is 0.0970 e. The molecule has 1 aromatic heterocycles. The molecule has 0 aliphatic carbocycles. The van der Waals surface area contributed by atoms with E-state index in [1.165, 1.54) is 16.7 Å². The molecule has 3 heteroatoms. The molecule has 0 spiro atoms. The molecule has 1 N–H and O–H groups in total. The molecule has 0 radical (unpaired) electrons. The third kappa shape index (κ3) is 2.56. The van der Waals surface area contributed by atoms with Gasteiger partial charge in [-0.15, -0.1) is 0 Å². The molecule has 2 aromatic rings. The van der Waals surface area contributed by atoms with Crippen LogP contribution in [-0.4, -0.2) is 16.3 Å². The van der Waals surface area contributed by atoms with Gasteiger partial charge in [-0.3, -0.25) is 4.68 Å². The number of aromatic nitrogens is 2. The Balaban J connectivity index is 2.41. The van der Waals surface area contributed by atoms with Crippen LogP contribution in [0.2, 0.25) is 0 Å². The van der Waals surface area contributed by atoms with E-state index in [0.29, 0.717) is 0 Å². The second kappa shape index (κ2) is 5.15. The van der Waals surface area contributed by atoms with Gasteiger partial charge < -0.3 is 5.32 Å². The van der Waals surface area contributed by atoms with Crippen LogP contribution >= 0.6 is 0 Å². The van der Waals surface area contributed by atoms with Crippen molar-refractivity contribution in [3.63, 3.8) is 0 Å². The monoisotopic (exact) mass is 229 g/mol. The van der Waals surface area contributed by atoms with Crippen molar-refractivity contribution in [1.29, 1.82) is 0 Å². The number of nitrogens with zero attached hydrogens (tertiary/aromatic N) is 2. The Morgan fingerprint density at radius 2 is 2.06 bits per heavy atom. The standard InChI is InChI=1S/C14H19N3/c1-4-15-9-12-10-17(3)16-14(12)13-8-6-5-7-11(13)2/h5-8,10,15H,4,9H2,1-3H3. The van der Waals surface area contributed by atoms with Crippen molar-refractivity contribution in [2.45, 2.75) is 20.4 Å². The minimum atomic E-state index is 0.869. The van der Waals surface area contributed by atoms with Crippen molar-refractivity contribution in [2.75, 3.05) is 6.54 Å². The quantitative estimate of drug-likeness (QED) is 0.873. The van der Waals surface area contributed by atoms with Crippen LogP contribution in [0.4, 0.5) is 0 Å². The topological polar surface area (TPSA) is 29.9 Å². The number of hydrogen-bond acceptors (Lipinski definition) is 2. The summed E-state index contributed by atoms with van der Waals surface area (Å²) in [5.41, 5.74) is 4.83. The summed E-state index contributed by atoms with van der Waals surface area (Å²) in [5.74, 6) is 0. The lowest BCUT2D eigenvalue weighted by molar-refractivity contribution is 0.724. The van der Waals surface area contributed by atoms with E-state index in [1.807, 2.05) is 11.7 Å². The number of nitrogens with one attached hydrogen (secondary N) is 1. The molecule has 90 valence electrons. The van der Waals surface area contributed by atoms with Gasteiger partial charge in [-0.1, -0.05) is 31.2 Å². The first-order valence-electron chi connectivity index (χ1n) is 6.01. The molecule has 1 aromatic carbocycles. The lowest BCUT2D eigenvalue weighted by Crippen LogP contribution is -2.11. The van der Waals surface area contributed by atoms with Gasteiger partial charge in [0, 0.05) is 30.9 Å². The predicted octanol–water partition coefficient (Wildman–Crippen LogP) is 2.51. The minimum Gasteiger partial charge on any atom is -0.313 e. The van der Waals surface area contributed by atoms with Gasteiger partial charge in [-0.2, -0.15) is 5.10 Å². The predicted molar refractivity (Wildman–Crippen MR) is 70.8 cm³/mol. The Labute approximate surface area is 102 Å². The van der Waals surface area contributed by atoms with E-state index in [4.69, 9.17) is 0 Å². The van der Waals surface area contributed by atoms with Crippen LogP contribution in [0, 0.1) is 6.92 Å². The molecule has 17 heavy (non-hydrogen) atoms. The zero-order chi connectivity index (χ0) is 12.3. The van der Waals surface area contributed by atoms with Crippen molar-refractivity contribution in [2.24, 2.45) is 7.05 Å². The Hall–Kier alpha value is -1.61. The van der Waals surface area contributed by atoms with E-state index in [0.717, 1.165) is 18.8 Å². The van der Waals surface area contributed by atoms with Crippen LogP contribution in [-0.2, 0) is 13.6 Å².